The van der Waals surface area contributed by atoms with E-state index < -0.39 is 0 Å². The molecule has 2 aromatic carbocycles. The number of para-hydroxylation sites is 2. The number of carbonyl (C=O) groups excluding carboxylic acids is 1. The molecule has 0 fully saturated rings. The summed E-state index contributed by atoms with van der Waals surface area (Å²) in [6.07, 6.45) is 1.85. The number of aromatic nitrogens is 3. The van der Waals surface area contributed by atoms with E-state index in [9.17, 15) is 4.79 Å². The number of nitrogens with zero attached hydrogens (tertiary/aromatic N) is 3. The zero-order valence-electron chi connectivity index (χ0n) is 18.0. The molecule has 0 saturated carbocycles. The van der Waals surface area contributed by atoms with E-state index in [0.717, 1.165) is 44.6 Å². The van der Waals surface area contributed by atoms with Crippen molar-refractivity contribution in [2.45, 2.75) is 25.5 Å². The van der Waals surface area contributed by atoms with E-state index in [-0.39, 0.29) is 5.78 Å². The molecule has 2 heterocycles. The Balaban J connectivity index is 1.65. The average molecular weight is 432 g/mol. The van der Waals surface area contributed by atoms with Gasteiger partial charge in [-0.05, 0) is 56.3 Å². The summed E-state index contributed by atoms with van der Waals surface area (Å²) in [6, 6.07) is 17.8. The fourth-order valence-electron chi connectivity index (χ4n) is 3.78. The lowest BCUT2D eigenvalue weighted by Gasteiger charge is -2.10. The number of hydrogen-bond acceptors (Lipinski definition) is 4. The number of carbonyl (C=O) groups is 1. The Kier molecular flexibility index (Phi) is 6.00. The highest BCUT2D eigenvalue weighted by Crippen LogP contribution is 2.30. The molecule has 6 heteroatoms. The summed E-state index contributed by atoms with van der Waals surface area (Å²) >= 11 is 1.46. The third kappa shape index (κ3) is 4.03. The second-order valence-electron chi connectivity index (χ2n) is 7.31. The van der Waals surface area contributed by atoms with Crippen LogP contribution < -0.4 is 4.74 Å². The predicted octanol–water partition coefficient (Wildman–Crippen LogP) is 5.61. The van der Waals surface area contributed by atoms with Crippen LogP contribution in [0.2, 0.25) is 0 Å². The van der Waals surface area contributed by atoms with Gasteiger partial charge in [0.15, 0.2) is 10.9 Å². The third-order valence-corrected chi connectivity index (χ3v) is 6.32. The second kappa shape index (κ2) is 8.86. The second-order valence-corrected chi connectivity index (χ2v) is 8.25. The van der Waals surface area contributed by atoms with Gasteiger partial charge in [0.05, 0.1) is 23.9 Å². The van der Waals surface area contributed by atoms with Crippen LogP contribution in [0.4, 0.5) is 0 Å². The van der Waals surface area contributed by atoms with Gasteiger partial charge >= 0.3 is 0 Å². The van der Waals surface area contributed by atoms with E-state index >= 15 is 0 Å². The van der Waals surface area contributed by atoms with Gasteiger partial charge in [0, 0.05) is 29.2 Å². The zero-order chi connectivity index (χ0) is 22.0. The van der Waals surface area contributed by atoms with Crippen LogP contribution in [0.5, 0.6) is 5.75 Å². The Bertz CT molecular complexity index is 1250. The minimum Gasteiger partial charge on any atom is -0.497 e. The highest BCUT2D eigenvalue weighted by atomic mass is 32.2. The number of ether oxygens (including phenoxy) is 1. The van der Waals surface area contributed by atoms with Crippen molar-refractivity contribution in [3.63, 3.8) is 0 Å². The van der Waals surface area contributed by atoms with Crippen molar-refractivity contribution in [1.82, 2.24) is 14.1 Å². The highest BCUT2D eigenvalue weighted by molar-refractivity contribution is 7.99. The lowest BCUT2D eigenvalue weighted by molar-refractivity contribution is 0.102. The molecule has 0 radical (unpaired) electrons. The lowest BCUT2D eigenvalue weighted by Crippen LogP contribution is -2.07. The molecule has 0 saturated heterocycles. The molecule has 0 aliphatic rings. The van der Waals surface area contributed by atoms with E-state index in [4.69, 9.17) is 9.72 Å². The average Bonchev–Trinajstić information content (AvgIpc) is 3.30. The number of thioether (sulfide) groups is 1. The van der Waals surface area contributed by atoms with Crippen molar-refractivity contribution in [3.8, 4) is 11.4 Å². The fourth-order valence-corrected chi connectivity index (χ4v) is 4.69. The van der Waals surface area contributed by atoms with Crippen molar-refractivity contribution >= 4 is 28.6 Å². The number of ketones is 1. The molecule has 4 aromatic rings. The Morgan fingerprint density at radius 3 is 2.61 bits per heavy atom. The van der Waals surface area contributed by atoms with Gasteiger partial charge in [0.1, 0.15) is 5.75 Å². The highest BCUT2D eigenvalue weighted by Gasteiger charge is 2.18. The summed E-state index contributed by atoms with van der Waals surface area (Å²) < 4.78 is 9.49. The van der Waals surface area contributed by atoms with Gasteiger partial charge in [0.2, 0.25) is 0 Å². The minimum atomic E-state index is 0.0988. The largest absolute Gasteiger partial charge is 0.497 e. The van der Waals surface area contributed by atoms with Gasteiger partial charge < -0.3 is 9.30 Å². The molecule has 2 aromatic heterocycles. The summed E-state index contributed by atoms with van der Waals surface area (Å²) in [6.45, 7) is 8.51. The monoisotopic (exact) mass is 431 g/mol. The maximum atomic E-state index is 13.0. The predicted molar refractivity (Wildman–Crippen MR) is 127 cm³/mol. The first-order valence-corrected chi connectivity index (χ1v) is 11.1. The van der Waals surface area contributed by atoms with Crippen LogP contribution in [0, 0.1) is 13.8 Å². The fraction of sp³-hybridized carbons (Fsp3) is 0.200. The molecule has 158 valence electrons. The van der Waals surface area contributed by atoms with Gasteiger partial charge in [-0.1, -0.05) is 30.0 Å². The van der Waals surface area contributed by atoms with Gasteiger partial charge in [-0.25, -0.2) is 4.98 Å². The molecular formula is C25H25N3O2S. The SMILES string of the molecule is C=CCn1c(C)cc(C(=O)CSc2nc3ccccc3n2-c2ccc(OC)cc2)c1C. The summed E-state index contributed by atoms with van der Waals surface area (Å²) in [7, 11) is 1.65. The van der Waals surface area contributed by atoms with Gasteiger partial charge in [-0.15, -0.1) is 6.58 Å². The number of rotatable bonds is 8. The van der Waals surface area contributed by atoms with E-state index in [1.54, 1.807) is 7.11 Å². The molecule has 0 aliphatic heterocycles. The summed E-state index contributed by atoms with van der Waals surface area (Å²) in [5.74, 6) is 1.21. The van der Waals surface area contributed by atoms with Crippen molar-refractivity contribution in [2.75, 3.05) is 12.9 Å². The molecule has 0 N–H and O–H groups in total. The Labute approximate surface area is 186 Å². The molecular weight excluding hydrogens is 406 g/mol. The lowest BCUT2D eigenvalue weighted by atomic mass is 10.2. The number of benzene rings is 2. The topological polar surface area (TPSA) is 49.0 Å². The number of aryl methyl sites for hydroxylation is 1. The maximum Gasteiger partial charge on any atom is 0.175 e. The Morgan fingerprint density at radius 1 is 1.16 bits per heavy atom. The molecule has 0 unspecified atom stereocenters. The van der Waals surface area contributed by atoms with Crippen molar-refractivity contribution in [1.29, 1.82) is 0 Å². The first-order valence-electron chi connectivity index (χ1n) is 10.1. The molecule has 0 spiro atoms. The normalized spacial score (nSPS) is 11.1. The Hall–Kier alpha value is -3.25. The van der Waals surface area contributed by atoms with E-state index in [1.807, 2.05) is 74.5 Å². The summed E-state index contributed by atoms with van der Waals surface area (Å²) in [5, 5.41) is 0.791. The zero-order valence-corrected chi connectivity index (χ0v) is 18.8. The van der Waals surface area contributed by atoms with Crippen molar-refractivity contribution in [3.05, 3.63) is 84.2 Å². The molecule has 5 nitrogen and oxygen atoms in total. The first kappa shape index (κ1) is 21.0. The van der Waals surface area contributed by atoms with Crippen LogP contribution in [-0.4, -0.2) is 32.8 Å². The van der Waals surface area contributed by atoms with Crippen molar-refractivity contribution < 1.29 is 9.53 Å². The van der Waals surface area contributed by atoms with E-state index in [1.165, 1.54) is 11.8 Å². The number of methoxy groups -OCH3 is 1. The quantitative estimate of drug-likeness (QED) is 0.207. The summed E-state index contributed by atoms with van der Waals surface area (Å²) in [5.41, 5.74) is 5.69. The van der Waals surface area contributed by atoms with Crippen LogP contribution >= 0.6 is 11.8 Å². The van der Waals surface area contributed by atoms with Crippen molar-refractivity contribution in [2.24, 2.45) is 0 Å². The number of imidazole rings is 1. The smallest absolute Gasteiger partial charge is 0.175 e. The number of allylic oxidation sites excluding steroid dienone is 1. The van der Waals surface area contributed by atoms with Crippen LogP contribution in [-0.2, 0) is 6.54 Å². The minimum absolute atomic E-state index is 0.0988. The van der Waals surface area contributed by atoms with Crippen LogP contribution in [0.3, 0.4) is 0 Å². The standard InChI is InChI=1S/C25H25N3O2S/c1-5-14-27-17(2)15-21(18(27)3)24(29)16-31-25-26-22-8-6-7-9-23(22)28(25)19-10-12-20(30-4)13-11-19/h5-13,15H,1,14,16H2,2-4H3. The first-order chi connectivity index (χ1) is 15.0. The van der Waals surface area contributed by atoms with Crippen LogP contribution in [0.25, 0.3) is 16.7 Å². The van der Waals surface area contributed by atoms with E-state index in [0.29, 0.717) is 12.3 Å². The number of fused-ring (bicyclic) bond motifs is 1. The van der Waals surface area contributed by atoms with Crippen LogP contribution in [0.1, 0.15) is 21.7 Å². The summed E-state index contributed by atoms with van der Waals surface area (Å²) in [4.78, 5) is 17.8. The third-order valence-electron chi connectivity index (χ3n) is 5.38. The molecule has 0 amide bonds. The molecule has 4 rings (SSSR count). The maximum absolute atomic E-state index is 13.0. The molecule has 31 heavy (non-hydrogen) atoms. The molecule has 0 aliphatic carbocycles. The Morgan fingerprint density at radius 2 is 1.90 bits per heavy atom. The molecule has 0 atom stereocenters. The van der Waals surface area contributed by atoms with Crippen LogP contribution in [0.15, 0.2) is 72.4 Å². The van der Waals surface area contributed by atoms with Gasteiger partial charge in [0.25, 0.3) is 0 Å². The number of Topliss-reactive ketones (excluding diaryl/α,β-unsaturated/α-hetero) is 1. The number of hydrogen-bond donors (Lipinski definition) is 0. The van der Waals surface area contributed by atoms with Gasteiger partial charge in [-0.2, -0.15) is 0 Å². The van der Waals surface area contributed by atoms with E-state index in [2.05, 4.69) is 15.7 Å². The molecule has 0 bridgehead atoms. The van der Waals surface area contributed by atoms with Gasteiger partial charge in [-0.3, -0.25) is 9.36 Å².